The topological polar surface area (TPSA) is 150 Å². The molecule has 10 nitrogen and oxygen atoms in total. The highest BCUT2D eigenvalue weighted by Gasteiger charge is 2.44. The normalized spacial score (nSPS) is 21.5. The summed E-state index contributed by atoms with van der Waals surface area (Å²) in [4.78, 5) is 16.7. The third kappa shape index (κ3) is 6.45. The SMILES string of the molecule is Cc1nc(N[C@H](C)C(F)(F)F)nc(N[C@@H]2C[C@H](CS(=O)(=O)c3cc(F)cc(F)c3)[C@@H](O)[C@H]2O)c1-c1nc2c(C)nccc2s1. The molecule has 1 aliphatic rings. The van der Waals surface area contributed by atoms with Gasteiger partial charge in [-0.3, -0.25) is 4.98 Å². The molecule has 44 heavy (non-hydrogen) atoms. The second-order valence-electron chi connectivity index (χ2n) is 10.6. The largest absolute Gasteiger partial charge is 0.408 e. The number of sulfone groups is 1. The Bertz CT molecular complexity index is 1800. The van der Waals surface area contributed by atoms with E-state index >= 15 is 0 Å². The Morgan fingerprint density at radius 2 is 1.73 bits per heavy atom. The smallest absolute Gasteiger partial charge is 0.390 e. The fourth-order valence-corrected chi connectivity index (χ4v) is 7.84. The molecule has 0 bridgehead atoms. The number of hydrogen-bond acceptors (Lipinski definition) is 11. The molecule has 1 saturated carbocycles. The van der Waals surface area contributed by atoms with Crippen LogP contribution in [0.15, 0.2) is 35.4 Å². The summed E-state index contributed by atoms with van der Waals surface area (Å²) < 4.78 is 94.0. The summed E-state index contributed by atoms with van der Waals surface area (Å²) in [5.74, 6) is -4.35. The van der Waals surface area contributed by atoms with E-state index in [0.29, 0.717) is 40.0 Å². The quantitative estimate of drug-likeness (QED) is 0.201. The van der Waals surface area contributed by atoms with Crippen molar-refractivity contribution in [2.75, 3.05) is 16.4 Å². The molecule has 3 heterocycles. The van der Waals surface area contributed by atoms with Gasteiger partial charge in [-0.25, -0.2) is 27.2 Å². The molecule has 1 fully saturated rings. The number of fused-ring (bicyclic) bond motifs is 1. The number of nitrogens with one attached hydrogen (secondary N) is 2. The van der Waals surface area contributed by atoms with Crippen molar-refractivity contribution in [3.05, 3.63) is 53.5 Å². The Kier molecular flexibility index (Phi) is 8.52. The molecule has 0 unspecified atom stereocenters. The first kappa shape index (κ1) is 31.9. The van der Waals surface area contributed by atoms with E-state index in [4.69, 9.17) is 0 Å². The number of hydrogen-bond donors (Lipinski definition) is 4. The lowest BCUT2D eigenvalue weighted by atomic mass is 10.1. The van der Waals surface area contributed by atoms with Crippen LogP contribution in [0.25, 0.3) is 20.8 Å². The number of aromatic nitrogens is 4. The van der Waals surface area contributed by atoms with Gasteiger partial charge in [-0.2, -0.15) is 18.2 Å². The summed E-state index contributed by atoms with van der Waals surface area (Å²) in [6, 6.07) is 0.573. The van der Waals surface area contributed by atoms with Crippen molar-refractivity contribution in [3.8, 4) is 10.6 Å². The lowest BCUT2D eigenvalue weighted by molar-refractivity contribution is -0.138. The van der Waals surface area contributed by atoms with Gasteiger partial charge >= 0.3 is 6.18 Å². The van der Waals surface area contributed by atoms with Gasteiger partial charge in [0.2, 0.25) is 5.95 Å². The van der Waals surface area contributed by atoms with Gasteiger partial charge in [0, 0.05) is 18.2 Å². The zero-order chi connectivity index (χ0) is 32.1. The lowest BCUT2D eigenvalue weighted by Crippen LogP contribution is -2.36. The van der Waals surface area contributed by atoms with Crippen molar-refractivity contribution in [2.24, 2.45) is 5.92 Å². The Balaban J connectivity index is 1.49. The maximum absolute atomic E-state index is 13.7. The number of thiazole rings is 1. The Labute approximate surface area is 252 Å². The Morgan fingerprint density at radius 1 is 1.05 bits per heavy atom. The van der Waals surface area contributed by atoms with Gasteiger partial charge in [-0.15, -0.1) is 11.3 Å². The monoisotopic (exact) mass is 658 g/mol. The van der Waals surface area contributed by atoms with E-state index in [1.807, 2.05) is 0 Å². The van der Waals surface area contributed by atoms with Gasteiger partial charge in [-0.05, 0) is 45.4 Å². The van der Waals surface area contributed by atoms with Crippen LogP contribution >= 0.6 is 11.3 Å². The van der Waals surface area contributed by atoms with Crippen LogP contribution in [0.4, 0.5) is 33.7 Å². The van der Waals surface area contributed by atoms with Crippen LogP contribution in [-0.2, 0) is 9.84 Å². The van der Waals surface area contributed by atoms with E-state index in [1.165, 1.54) is 11.3 Å². The molecule has 17 heteroatoms. The van der Waals surface area contributed by atoms with E-state index in [-0.39, 0.29) is 23.9 Å². The van der Waals surface area contributed by atoms with Crippen molar-refractivity contribution in [3.63, 3.8) is 0 Å². The van der Waals surface area contributed by atoms with Crippen molar-refractivity contribution in [1.29, 1.82) is 0 Å². The van der Waals surface area contributed by atoms with Crippen molar-refractivity contribution >= 4 is 43.2 Å². The van der Waals surface area contributed by atoms with Crippen LogP contribution in [0.3, 0.4) is 0 Å². The predicted molar refractivity (Wildman–Crippen MR) is 153 cm³/mol. The fourth-order valence-electron chi connectivity index (χ4n) is 5.06. The van der Waals surface area contributed by atoms with Gasteiger partial charge in [0.25, 0.3) is 0 Å². The van der Waals surface area contributed by atoms with Gasteiger partial charge in [0.15, 0.2) is 9.84 Å². The minimum Gasteiger partial charge on any atom is -0.390 e. The zero-order valence-corrected chi connectivity index (χ0v) is 25.0. The third-order valence-electron chi connectivity index (χ3n) is 7.38. The van der Waals surface area contributed by atoms with Crippen molar-refractivity contribution in [1.82, 2.24) is 19.9 Å². The van der Waals surface area contributed by atoms with E-state index in [2.05, 4.69) is 30.6 Å². The number of rotatable bonds is 8. The molecule has 1 aromatic carbocycles. The number of pyridine rings is 1. The first-order valence-electron chi connectivity index (χ1n) is 13.3. The first-order chi connectivity index (χ1) is 20.5. The van der Waals surface area contributed by atoms with Gasteiger partial charge in [0.05, 0.1) is 44.4 Å². The van der Waals surface area contributed by atoms with Gasteiger partial charge < -0.3 is 20.8 Å². The summed E-state index contributed by atoms with van der Waals surface area (Å²) in [7, 11) is -4.29. The number of benzene rings is 1. The summed E-state index contributed by atoms with van der Waals surface area (Å²) in [6.45, 7) is 4.22. The van der Waals surface area contributed by atoms with Crippen molar-refractivity contribution in [2.45, 2.75) is 62.6 Å². The molecule has 5 atom stereocenters. The molecule has 4 aromatic rings. The average molecular weight is 659 g/mol. The molecular formula is C27H27F5N6O4S2. The van der Waals surface area contributed by atoms with Gasteiger partial charge in [-0.1, -0.05) is 0 Å². The molecule has 0 spiro atoms. The third-order valence-corrected chi connectivity index (χ3v) is 10.2. The Morgan fingerprint density at radius 3 is 2.36 bits per heavy atom. The van der Waals surface area contributed by atoms with Crippen LogP contribution in [0, 0.1) is 31.4 Å². The number of halogens is 5. The maximum Gasteiger partial charge on any atom is 0.408 e. The summed E-state index contributed by atoms with van der Waals surface area (Å²) in [5, 5.41) is 27.3. The average Bonchev–Trinajstić information content (AvgIpc) is 3.45. The molecule has 4 N–H and O–H groups in total. The number of aryl methyl sites for hydroxylation is 2. The highest BCUT2D eigenvalue weighted by molar-refractivity contribution is 7.91. The molecule has 236 valence electrons. The van der Waals surface area contributed by atoms with Crippen LogP contribution in [0.1, 0.15) is 24.7 Å². The van der Waals surface area contributed by atoms with E-state index in [1.54, 1.807) is 26.1 Å². The zero-order valence-electron chi connectivity index (χ0n) is 23.4. The molecule has 5 rings (SSSR count). The number of anilines is 2. The molecule has 0 amide bonds. The second-order valence-corrected chi connectivity index (χ2v) is 13.7. The molecule has 0 saturated heterocycles. The van der Waals surface area contributed by atoms with E-state index in [0.717, 1.165) is 11.6 Å². The first-order valence-corrected chi connectivity index (χ1v) is 15.8. The fraction of sp³-hybridized carbons (Fsp3) is 0.407. The van der Waals surface area contributed by atoms with E-state index in [9.17, 15) is 40.6 Å². The van der Waals surface area contributed by atoms with Crippen LogP contribution in [0.2, 0.25) is 0 Å². The number of aliphatic hydroxyl groups excluding tert-OH is 2. The number of alkyl halides is 3. The number of aliphatic hydroxyl groups is 2. The molecule has 0 aliphatic heterocycles. The standard InChI is InChI=1S/C27H27F5N6O4S2/c1-11-20(25-37-21-12(2)33-5-4-19(21)43-25)24(38-26(34-11)35-13(3)27(30,31)32)36-18-6-14(22(39)23(18)40)10-44(41,42)17-8-15(28)7-16(29)9-17/h4-5,7-9,13-14,18,22-23,39-40H,6,10H2,1-3H3,(H2,34,35,36,38)/t13-,14-,18-,22-,23+/m1/s1. The summed E-state index contributed by atoms with van der Waals surface area (Å²) >= 11 is 1.26. The van der Waals surface area contributed by atoms with Gasteiger partial charge in [0.1, 0.15) is 40.1 Å². The summed E-state index contributed by atoms with van der Waals surface area (Å²) in [5.41, 5.74) is 1.82. The number of nitrogens with zero attached hydrogens (tertiary/aromatic N) is 4. The minimum atomic E-state index is -4.60. The maximum atomic E-state index is 13.7. The Hall–Kier alpha value is -3.54. The highest BCUT2D eigenvalue weighted by Crippen LogP contribution is 2.39. The lowest BCUT2D eigenvalue weighted by Gasteiger charge is -2.22. The minimum absolute atomic E-state index is 0.00833. The predicted octanol–water partition coefficient (Wildman–Crippen LogP) is 4.40. The molecule has 3 aromatic heterocycles. The van der Waals surface area contributed by atoms with Crippen LogP contribution in [-0.4, -0.2) is 74.8 Å². The van der Waals surface area contributed by atoms with Crippen molar-refractivity contribution < 1.29 is 40.6 Å². The molecule has 1 aliphatic carbocycles. The van der Waals surface area contributed by atoms with E-state index < -0.39 is 68.5 Å². The van der Waals surface area contributed by atoms with Crippen LogP contribution < -0.4 is 10.6 Å². The molecular weight excluding hydrogens is 631 g/mol. The summed E-state index contributed by atoms with van der Waals surface area (Å²) in [6.07, 6.45) is -6.22. The second kappa shape index (κ2) is 11.8. The molecule has 0 radical (unpaired) electrons. The highest BCUT2D eigenvalue weighted by atomic mass is 32.2. The van der Waals surface area contributed by atoms with Crippen LogP contribution in [0.5, 0.6) is 0 Å².